The summed E-state index contributed by atoms with van der Waals surface area (Å²) in [4.78, 5) is 14.7. The smallest absolute Gasteiger partial charge is 0.241 e. The molecule has 1 fully saturated rings. The summed E-state index contributed by atoms with van der Waals surface area (Å²) in [5.41, 5.74) is 1.23. The largest absolute Gasteiger partial charge is 0.322 e. The van der Waals surface area contributed by atoms with Gasteiger partial charge in [-0.25, -0.2) is 0 Å². The molecule has 0 radical (unpaired) electrons. The average molecular weight is 327 g/mol. The normalized spacial score (nSPS) is 22.5. The fraction of sp³-hybridized carbons (Fsp3) is 0.688. The summed E-state index contributed by atoms with van der Waals surface area (Å²) >= 11 is 3.57. The standard InChI is InChI=1S/C16H26N2OS2/c1-12(2)10-14-16(19)18(7-4-5-8-20-3)15(17-14)13-6-9-21-11-13/h6,9,11-12,14-15,17H,4-5,7-8,10H2,1-3H3. The lowest BCUT2D eigenvalue weighted by molar-refractivity contribution is -0.130. The zero-order valence-corrected chi connectivity index (χ0v) is 14.8. The van der Waals surface area contributed by atoms with Crippen LogP contribution >= 0.6 is 23.1 Å². The maximum absolute atomic E-state index is 12.7. The Hall–Kier alpha value is -0.520. The minimum atomic E-state index is -0.0181. The van der Waals surface area contributed by atoms with Gasteiger partial charge in [-0.3, -0.25) is 10.1 Å². The van der Waals surface area contributed by atoms with Crippen molar-refractivity contribution in [3.05, 3.63) is 22.4 Å². The van der Waals surface area contributed by atoms with Crippen LogP contribution in [0.2, 0.25) is 0 Å². The molecule has 1 N–H and O–H groups in total. The van der Waals surface area contributed by atoms with Crippen LogP contribution in [0.4, 0.5) is 0 Å². The molecule has 2 heterocycles. The minimum absolute atomic E-state index is 0.0181. The second-order valence-electron chi connectivity index (χ2n) is 6.04. The van der Waals surface area contributed by atoms with Gasteiger partial charge in [-0.1, -0.05) is 13.8 Å². The summed E-state index contributed by atoms with van der Waals surface area (Å²) in [5.74, 6) is 1.99. The van der Waals surface area contributed by atoms with Crippen LogP contribution in [-0.2, 0) is 4.79 Å². The first kappa shape index (κ1) is 16.8. The van der Waals surface area contributed by atoms with Gasteiger partial charge in [0, 0.05) is 6.54 Å². The number of hydrogen-bond acceptors (Lipinski definition) is 4. The van der Waals surface area contributed by atoms with Crippen LogP contribution in [0.1, 0.15) is 44.8 Å². The molecule has 1 aliphatic heterocycles. The molecule has 3 nitrogen and oxygen atoms in total. The number of carbonyl (C=O) groups is 1. The first-order chi connectivity index (χ1) is 10.1. The van der Waals surface area contributed by atoms with E-state index >= 15 is 0 Å². The summed E-state index contributed by atoms with van der Waals surface area (Å²) in [6, 6.07) is 2.11. The molecule has 2 rings (SSSR count). The third-order valence-corrected chi connectivity index (χ3v) is 5.21. The third-order valence-electron chi connectivity index (χ3n) is 3.82. The molecule has 1 aromatic rings. The molecule has 0 bridgehead atoms. The van der Waals surface area contributed by atoms with Crippen molar-refractivity contribution < 1.29 is 4.79 Å². The topological polar surface area (TPSA) is 32.3 Å². The Bertz CT molecular complexity index is 433. The Morgan fingerprint density at radius 1 is 1.43 bits per heavy atom. The Kier molecular flexibility index (Phi) is 6.58. The summed E-state index contributed by atoms with van der Waals surface area (Å²) in [6.45, 7) is 5.22. The highest BCUT2D eigenvalue weighted by molar-refractivity contribution is 7.98. The molecular weight excluding hydrogens is 300 g/mol. The number of rotatable bonds is 8. The van der Waals surface area contributed by atoms with Gasteiger partial charge in [-0.15, -0.1) is 0 Å². The first-order valence-electron chi connectivity index (χ1n) is 7.71. The number of amides is 1. The lowest BCUT2D eigenvalue weighted by Gasteiger charge is -2.23. The summed E-state index contributed by atoms with van der Waals surface area (Å²) < 4.78 is 0. The maximum atomic E-state index is 12.7. The van der Waals surface area contributed by atoms with Gasteiger partial charge < -0.3 is 4.90 Å². The highest BCUT2D eigenvalue weighted by atomic mass is 32.2. The Morgan fingerprint density at radius 2 is 2.24 bits per heavy atom. The predicted molar refractivity (Wildman–Crippen MR) is 92.8 cm³/mol. The molecule has 2 unspecified atom stereocenters. The lowest BCUT2D eigenvalue weighted by Crippen LogP contribution is -2.32. The van der Waals surface area contributed by atoms with Crippen LogP contribution in [-0.4, -0.2) is 35.4 Å². The van der Waals surface area contributed by atoms with Crippen molar-refractivity contribution in [2.24, 2.45) is 5.92 Å². The van der Waals surface area contributed by atoms with E-state index < -0.39 is 0 Å². The van der Waals surface area contributed by atoms with Crippen molar-refractivity contribution in [2.45, 2.75) is 45.3 Å². The van der Waals surface area contributed by atoms with Crippen molar-refractivity contribution in [2.75, 3.05) is 18.6 Å². The van der Waals surface area contributed by atoms with E-state index in [1.807, 2.05) is 11.8 Å². The Labute approximate surface area is 136 Å². The number of thioether (sulfide) groups is 1. The van der Waals surface area contributed by atoms with Crippen molar-refractivity contribution >= 4 is 29.0 Å². The highest BCUT2D eigenvalue weighted by Gasteiger charge is 2.39. The number of thiophene rings is 1. The van der Waals surface area contributed by atoms with E-state index in [-0.39, 0.29) is 18.1 Å². The van der Waals surface area contributed by atoms with Crippen molar-refractivity contribution in [3.8, 4) is 0 Å². The van der Waals surface area contributed by atoms with E-state index in [2.05, 4.69) is 47.1 Å². The minimum Gasteiger partial charge on any atom is -0.322 e. The molecule has 0 spiro atoms. The van der Waals surface area contributed by atoms with Crippen LogP contribution in [0.3, 0.4) is 0 Å². The molecular formula is C16H26N2OS2. The van der Waals surface area contributed by atoms with Crippen LogP contribution < -0.4 is 5.32 Å². The molecule has 118 valence electrons. The number of unbranched alkanes of at least 4 members (excludes halogenated alkanes) is 1. The van der Waals surface area contributed by atoms with Gasteiger partial charge in [0.25, 0.3) is 0 Å². The maximum Gasteiger partial charge on any atom is 0.241 e. The van der Waals surface area contributed by atoms with E-state index in [1.54, 1.807) is 11.3 Å². The Morgan fingerprint density at radius 3 is 2.86 bits per heavy atom. The number of nitrogens with zero attached hydrogens (tertiary/aromatic N) is 1. The molecule has 5 heteroatoms. The molecule has 0 aromatic carbocycles. The SMILES string of the molecule is CSCCCCN1C(=O)C(CC(C)C)NC1c1ccsc1. The summed E-state index contributed by atoms with van der Waals surface area (Å²) in [6.07, 6.45) is 5.39. The van der Waals surface area contributed by atoms with Gasteiger partial charge in [0.15, 0.2) is 0 Å². The van der Waals surface area contributed by atoms with E-state index in [4.69, 9.17) is 0 Å². The second-order valence-corrected chi connectivity index (χ2v) is 7.81. The Balaban J connectivity index is 2.03. The zero-order chi connectivity index (χ0) is 15.2. The molecule has 0 saturated carbocycles. The van der Waals surface area contributed by atoms with Gasteiger partial charge in [0.1, 0.15) is 6.17 Å². The molecule has 1 aromatic heterocycles. The van der Waals surface area contributed by atoms with Gasteiger partial charge in [-0.2, -0.15) is 23.1 Å². The summed E-state index contributed by atoms with van der Waals surface area (Å²) in [5, 5.41) is 7.78. The zero-order valence-electron chi connectivity index (χ0n) is 13.2. The van der Waals surface area contributed by atoms with E-state index in [0.717, 1.165) is 19.4 Å². The van der Waals surface area contributed by atoms with Gasteiger partial charge in [-0.05, 0) is 59.6 Å². The van der Waals surface area contributed by atoms with Crippen LogP contribution in [0, 0.1) is 5.92 Å². The fourth-order valence-electron chi connectivity index (χ4n) is 2.79. The monoisotopic (exact) mass is 326 g/mol. The van der Waals surface area contributed by atoms with Crippen LogP contribution in [0.5, 0.6) is 0 Å². The number of hydrogen-bond donors (Lipinski definition) is 1. The van der Waals surface area contributed by atoms with E-state index in [0.29, 0.717) is 5.92 Å². The van der Waals surface area contributed by atoms with Crippen LogP contribution in [0.25, 0.3) is 0 Å². The molecule has 1 aliphatic rings. The van der Waals surface area contributed by atoms with Crippen molar-refractivity contribution in [1.82, 2.24) is 10.2 Å². The first-order valence-corrected chi connectivity index (χ1v) is 10.0. The highest BCUT2D eigenvalue weighted by Crippen LogP contribution is 2.29. The molecule has 1 amide bonds. The van der Waals surface area contributed by atoms with Gasteiger partial charge in [0.2, 0.25) is 5.91 Å². The fourth-order valence-corrected chi connectivity index (χ4v) is 3.97. The predicted octanol–water partition coefficient (Wildman–Crippen LogP) is 3.74. The average Bonchev–Trinajstić information content (AvgIpc) is 3.05. The third kappa shape index (κ3) is 4.47. The lowest BCUT2D eigenvalue weighted by atomic mass is 10.0. The number of carbonyl (C=O) groups excluding carboxylic acids is 1. The summed E-state index contributed by atoms with van der Waals surface area (Å²) in [7, 11) is 0. The molecule has 1 saturated heterocycles. The van der Waals surface area contributed by atoms with Crippen molar-refractivity contribution in [3.63, 3.8) is 0 Å². The van der Waals surface area contributed by atoms with Crippen molar-refractivity contribution in [1.29, 1.82) is 0 Å². The number of nitrogens with one attached hydrogen (secondary N) is 1. The van der Waals surface area contributed by atoms with Crippen LogP contribution in [0.15, 0.2) is 16.8 Å². The van der Waals surface area contributed by atoms with E-state index in [1.165, 1.54) is 17.7 Å². The van der Waals surface area contributed by atoms with Gasteiger partial charge in [0.05, 0.1) is 6.04 Å². The second kappa shape index (κ2) is 8.20. The van der Waals surface area contributed by atoms with E-state index in [9.17, 15) is 4.79 Å². The van der Waals surface area contributed by atoms with Gasteiger partial charge >= 0.3 is 0 Å². The molecule has 0 aliphatic carbocycles. The molecule has 21 heavy (non-hydrogen) atoms. The molecule has 2 atom stereocenters. The quantitative estimate of drug-likeness (QED) is 0.739.